The summed E-state index contributed by atoms with van der Waals surface area (Å²) in [6.45, 7) is 0. The zero-order chi connectivity index (χ0) is 12.3. The van der Waals surface area contributed by atoms with Crippen LogP contribution in [0.3, 0.4) is 0 Å². The van der Waals surface area contributed by atoms with E-state index in [1.807, 2.05) is 0 Å². The van der Waals surface area contributed by atoms with E-state index in [2.05, 4.69) is 9.72 Å². The molecule has 0 saturated heterocycles. The number of alkyl halides is 3. The fraction of sp³-hybridized carbons (Fsp3) is 0.125. The second-order valence-corrected chi connectivity index (χ2v) is 2.53. The maximum atomic E-state index is 12.0. The monoisotopic (exact) mass is 232 g/mol. The van der Waals surface area contributed by atoms with Crippen molar-refractivity contribution in [3.05, 3.63) is 23.5 Å². The van der Waals surface area contributed by atoms with Crippen LogP contribution in [0.25, 0.3) is 0 Å². The highest BCUT2D eigenvalue weighted by molar-refractivity contribution is 5.91. The van der Waals surface area contributed by atoms with Gasteiger partial charge in [0.1, 0.15) is 17.2 Å². The minimum absolute atomic E-state index is 0.600. The first kappa shape index (κ1) is 11.8. The Hall–Kier alpha value is -2.30. The summed E-state index contributed by atoms with van der Waals surface area (Å²) < 4.78 is 39.3. The van der Waals surface area contributed by atoms with Gasteiger partial charge in [-0.1, -0.05) is 0 Å². The summed E-state index contributed by atoms with van der Waals surface area (Å²) in [7, 11) is 0. The third-order valence-electron chi connectivity index (χ3n) is 1.47. The molecule has 0 fully saturated rings. The van der Waals surface area contributed by atoms with Gasteiger partial charge < -0.3 is 9.84 Å². The topological polar surface area (TPSA) is 83.2 Å². The number of carboxylic acids is 1. The Labute approximate surface area is 86.7 Å². The van der Waals surface area contributed by atoms with Crippen LogP contribution < -0.4 is 4.74 Å². The van der Waals surface area contributed by atoms with Gasteiger partial charge in [-0.25, -0.2) is 4.79 Å². The van der Waals surface area contributed by atoms with Crippen molar-refractivity contribution < 1.29 is 27.8 Å². The number of carboxylic acid groups (broad SMARTS) is 1. The van der Waals surface area contributed by atoms with Crippen LogP contribution in [0.4, 0.5) is 13.2 Å². The largest absolute Gasteiger partial charge is 0.573 e. The maximum absolute atomic E-state index is 12.0. The predicted octanol–water partition coefficient (Wildman–Crippen LogP) is 1.55. The summed E-state index contributed by atoms with van der Waals surface area (Å²) in [5, 5.41) is 17.1. The summed E-state index contributed by atoms with van der Waals surface area (Å²) in [5.41, 5.74) is -1.42. The van der Waals surface area contributed by atoms with E-state index in [1.165, 1.54) is 6.07 Å². The van der Waals surface area contributed by atoms with Gasteiger partial charge in [0, 0.05) is 12.4 Å². The first-order chi connectivity index (χ1) is 7.35. The standard InChI is InChI=1S/C8H3F3N2O3/c9-8(10,11)16-6-4(1-12)2-13-3-5(6)7(14)15/h2-3H,(H,14,15). The van der Waals surface area contributed by atoms with E-state index in [9.17, 15) is 18.0 Å². The Morgan fingerprint density at radius 3 is 2.56 bits per heavy atom. The lowest BCUT2D eigenvalue weighted by molar-refractivity contribution is -0.274. The third-order valence-corrected chi connectivity index (χ3v) is 1.47. The molecule has 1 aromatic rings. The van der Waals surface area contributed by atoms with E-state index in [0.29, 0.717) is 6.20 Å². The SMILES string of the molecule is N#Cc1cncc(C(=O)O)c1OC(F)(F)F. The van der Waals surface area contributed by atoms with E-state index in [-0.39, 0.29) is 0 Å². The van der Waals surface area contributed by atoms with Crippen LogP contribution in [0.5, 0.6) is 5.75 Å². The lowest BCUT2D eigenvalue weighted by Gasteiger charge is -2.11. The van der Waals surface area contributed by atoms with E-state index >= 15 is 0 Å². The Morgan fingerprint density at radius 1 is 1.50 bits per heavy atom. The molecule has 0 aliphatic carbocycles. The normalized spacial score (nSPS) is 10.6. The lowest BCUT2D eigenvalue weighted by Crippen LogP contribution is -2.20. The second kappa shape index (κ2) is 4.06. The van der Waals surface area contributed by atoms with Gasteiger partial charge in [-0.2, -0.15) is 5.26 Å². The number of halogens is 3. The molecule has 0 unspecified atom stereocenters. The van der Waals surface area contributed by atoms with Gasteiger partial charge in [-0.15, -0.1) is 13.2 Å². The van der Waals surface area contributed by atoms with Gasteiger partial charge in [-0.05, 0) is 0 Å². The van der Waals surface area contributed by atoms with Crippen LogP contribution in [0, 0.1) is 11.3 Å². The molecule has 5 nitrogen and oxygen atoms in total. The number of rotatable bonds is 2. The zero-order valence-electron chi connectivity index (χ0n) is 7.45. The minimum Gasteiger partial charge on any atom is -0.477 e. The molecule has 0 atom stereocenters. The van der Waals surface area contributed by atoms with Crippen molar-refractivity contribution in [1.82, 2.24) is 4.98 Å². The fourth-order valence-electron chi connectivity index (χ4n) is 0.906. The molecule has 0 aliphatic rings. The van der Waals surface area contributed by atoms with Crippen molar-refractivity contribution >= 4 is 5.97 Å². The number of hydrogen-bond donors (Lipinski definition) is 1. The summed E-state index contributed by atoms with van der Waals surface area (Å²) in [5.74, 6) is -2.72. The van der Waals surface area contributed by atoms with E-state index in [1.54, 1.807) is 0 Å². The molecule has 0 saturated carbocycles. The summed E-state index contributed by atoms with van der Waals surface area (Å²) in [6, 6.07) is 1.36. The molecule has 16 heavy (non-hydrogen) atoms. The number of nitrogens with zero attached hydrogens (tertiary/aromatic N) is 2. The summed E-state index contributed by atoms with van der Waals surface area (Å²) in [6.07, 6.45) is -3.62. The number of nitriles is 1. The molecule has 8 heteroatoms. The zero-order valence-corrected chi connectivity index (χ0v) is 7.45. The Kier molecular flexibility index (Phi) is 2.99. The molecule has 0 bridgehead atoms. The lowest BCUT2D eigenvalue weighted by atomic mass is 10.2. The molecule has 1 rings (SSSR count). The van der Waals surface area contributed by atoms with Crippen LogP contribution in [-0.2, 0) is 0 Å². The first-order valence-electron chi connectivity index (χ1n) is 3.72. The Morgan fingerprint density at radius 2 is 2.12 bits per heavy atom. The van der Waals surface area contributed by atoms with Gasteiger partial charge in [-0.3, -0.25) is 4.98 Å². The van der Waals surface area contributed by atoms with Gasteiger partial charge in [0.15, 0.2) is 5.75 Å². The Bertz CT molecular complexity index is 465. The summed E-state index contributed by atoms with van der Waals surface area (Å²) in [4.78, 5) is 13.9. The molecule has 0 radical (unpaired) electrons. The Balaban J connectivity index is 3.32. The average molecular weight is 232 g/mol. The number of aromatic carboxylic acids is 1. The van der Waals surface area contributed by atoms with Gasteiger partial charge in [0.25, 0.3) is 0 Å². The van der Waals surface area contributed by atoms with Crippen molar-refractivity contribution in [1.29, 1.82) is 5.26 Å². The van der Waals surface area contributed by atoms with Crippen LogP contribution in [-0.4, -0.2) is 22.4 Å². The van der Waals surface area contributed by atoms with Crippen LogP contribution in [0.15, 0.2) is 12.4 Å². The number of hydrogen-bond acceptors (Lipinski definition) is 4. The molecule has 1 heterocycles. The van der Waals surface area contributed by atoms with Crippen molar-refractivity contribution in [2.75, 3.05) is 0 Å². The third kappa shape index (κ3) is 2.60. The molecule has 0 aliphatic heterocycles. The molecular weight excluding hydrogens is 229 g/mol. The second-order valence-electron chi connectivity index (χ2n) is 2.53. The number of ether oxygens (including phenoxy) is 1. The molecule has 0 spiro atoms. The van der Waals surface area contributed by atoms with Gasteiger partial charge >= 0.3 is 12.3 Å². The highest BCUT2D eigenvalue weighted by Crippen LogP contribution is 2.28. The molecule has 0 aromatic carbocycles. The number of carbonyl (C=O) groups is 1. The van der Waals surface area contributed by atoms with E-state index in [4.69, 9.17) is 10.4 Å². The van der Waals surface area contributed by atoms with Crippen molar-refractivity contribution in [2.45, 2.75) is 6.36 Å². The van der Waals surface area contributed by atoms with Gasteiger partial charge in [0.2, 0.25) is 0 Å². The van der Waals surface area contributed by atoms with Crippen LogP contribution in [0.1, 0.15) is 15.9 Å². The molecule has 1 N–H and O–H groups in total. The smallest absolute Gasteiger partial charge is 0.477 e. The fourth-order valence-corrected chi connectivity index (χ4v) is 0.906. The van der Waals surface area contributed by atoms with Crippen molar-refractivity contribution in [2.24, 2.45) is 0 Å². The average Bonchev–Trinajstić information content (AvgIpc) is 2.15. The summed E-state index contributed by atoms with van der Waals surface area (Å²) >= 11 is 0. The molecule has 1 aromatic heterocycles. The van der Waals surface area contributed by atoms with Crippen LogP contribution >= 0.6 is 0 Å². The van der Waals surface area contributed by atoms with Crippen LogP contribution in [0.2, 0.25) is 0 Å². The predicted molar refractivity (Wildman–Crippen MR) is 42.6 cm³/mol. The molecular formula is C8H3F3N2O3. The van der Waals surface area contributed by atoms with Crippen molar-refractivity contribution in [3.8, 4) is 11.8 Å². The highest BCUT2D eigenvalue weighted by Gasteiger charge is 2.34. The quantitative estimate of drug-likeness (QED) is 0.836. The first-order valence-corrected chi connectivity index (χ1v) is 3.72. The highest BCUT2D eigenvalue weighted by atomic mass is 19.4. The van der Waals surface area contributed by atoms with E-state index in [0.717, 1.165) is 6.20 Å². The van der Waals surface area contributed by atoms with Gasteiger partial charge in [0.05, 0.1) is 0 Å². The van der Waals surface area contributed by atoms with Crippen molar-refractivity contribution in [3.63, 3.8) is 0 Å². The van der Waals surface area contributed by atoms with E-state index < -0.39 is 29.2 Å². The minimum atomic E-state index is -5.07. The molecule has 0 amide bonds. The number of pyridine rings is 1. The molecule has 84 valence electrons. The number of aromatic nitrogens is 1. The maximum Gasteiger partial charge on any atom is 0.573 e.